The quantitative estimate of drug-likeness (QED) is 0.509. The van der Waals surface area contributed by atoms with Crippen LogP contribution in [0.25, 0.3) is 10.9 Å². The van der Waals surface area contributed by atoms with Crippen LogP contribution >= 0.6 is 0 Å². The summed E-state index contributed by atoms with van der Waals surface area (Å²) < 4.78 is 38.3. The van der Waals surface area contributed by atoms with Crippen LogP contribution in [-0.4, -0.2) is 35.5 Å². The fourth-order valence-electron chi connectivity index (χ4n) is 3.28. The molecule has 0 bridgehead atoms. The number of benzene rings is 2. The smallest absolute Gasteiger partial charge is 0.371 e. The number of amides is 2. The van der Waals surface area contributed by atoms with E-state index < -0.39 is 23.6 Å². The highest BCUT2D eigenvalue weighted by Gasteiger charge is 2.30. The highest BCUT2D eigenvalue weighted by atomic mass is 19.4. The van der Waals surface area contributed by atoms with Gasteiger partial charge in [0.25, 0.3) is 11.8 Å². The molecule has 176 valence electrons. The van der Waals surface area contributed by atoms with Crippen molar-refractivity contribution in [2.24, 2.45) is 10.7 Å². The minimum Gasteiger partial charge on any atom is -0.371 e. The van der Waals surface area contributed by atoms with Gasteiger partial charge in [-0.1, -0.05) is 30.3 Å². The summed E-state index contributed by atoms with van der Waals surface area (Å²) in [7, 11) is 1.71. The second kappa shape index (κ2) is 9.74. The summed E-state index contributed by atoms with van der Waals surface area (Å²) in [6.07, 6.45) is -4.41. The molecule has 0 saturated heterocycles. The van der Waals surface area contributed by atoms with Crippen molar-refractivity contribution in [3.8, 4) is 0 Å². The maximum absolute atomic E-state index is 13.1. The van der Waals surface area contributed by atoms with Gasteiger partial charge < -0.3 is 16.0 Å². The molecular weight excluding hydrogens is 447 g/mol. The normalized spacial score (nSPS) is 12.1. The number of nitrogens with two attached hydrogens (primary N) is 1. The molecule has 0 spiro atoms. The van der Waals surface area contributed by atoms with Crippen molar-refractivity contribution in [2.75, 3.05) is 7.05 Å². The second-order valence-electron chi connectivity index (χ2n) is 7.53. The van der Waals surface area contributed by atoms with E-state index in [1.807, 2.05) is 0 Å². The molecule has 0 fully saturated rings. The van der Waals surface area contributed by atoms with E-state index in [9.17, 15) is 22.8 Å². The summed E-state index contributed by atoms with van der Waals surface area (Å²) in [6.45, 7) is 5.46. The molecule has 0 radical (unpaired) electrons. The Hall–Kier alpha value is -4.21. The standard InChI is InChI=1S/C24H22F3N5O2/c1-14(32(3)13-15-8-10-16(11-9-15)24(25,26)27)22(29-2)31-23(34)18-12-20(21(28)33)30-19-7-5-4-6-17(18)19/h4-12H,2,13H2,1,3H3,(H2,28,33)(H,31,34)/b22-14+. The van der Waals surface area contributed by atoms with E-state index in [0.29, 0.717) is 22.2 Å². The average Bonchev–Trinajstić information content (AvgIpc) is 2.80. The van der Waals surface area contributed by atoms with Crippen molar-refractivity contribution in [3.05, 3.63) is 88.5 Å². The van der Waals surface area contributed by atoms with Crippen molar-refractivity contribution >= 4 is 29.4 Å². The summed E-state index contributed by atoms with van der Waals surface area (Å²) in [6, 6.07) is 12.9. The number of nitrogens with one attached hydrogen (secondary N) is 1. The van der Waals surface area contributed by atoms with E-state index in [0.717, 1.165) is 12.1 Å². The first kappa shape index (κ1) is 24.4. The molecule has 3 rings (SSSR count). The number of pyridine rings is 1. The van der Waals surface area contributed by atoms with Crippen molar-refractivity contribution < 1.29 is 22.8 Å². The van der Waals surface area contributed by atoms with Crippen molar-refractivity contribution in [1.82, 2.24) is 15.2 Å². The lowest BCUT2D eigenvalue weighted by atomic mass is 10.1. The van der Waals surface area contributed by atoms with E-state index in [1.54, 1.807) is 43.1 Å². The number of rotatable bonds is 7. The lowest BCUT2D eigenvalue weighted by Gasteiger charge is -2.22. The van der Waals surface area contributed by atoms with Gasteiger partial charge in [-0.2, -0.15) is 13.2 Å². The zero-order chi connectivity index (χ0) is 25.0. The average molecular weight is 469 g/mol. The summed E-state index contributed by atoms with van der Waals surface area (Å²) in [5, 5.41) is 3.20. The Labute approximate surface area is 193 Å². The number of aliphatic imine (C=N–C) groups is 1. The number of para-hydroxylation sites is 1. The highest BCUT2D eigenvalue weighted by Crippen LogP contribution is 2.29. The Morgan fingerprint density at radius 1 is 1.15 bits per heavy atom. The maximum Gasteiger partial charge on any atom is 0.416 e. The van der Waals surface area contributed by atoms with Crippen LogP contribution in [-0.2, 0) is 12.7 Å². The molecule has 7 nitrogen and oxygen atoms in total. The van der Waals surface area contributed by atoms with Gasteiger partial charge in [-0.15, -0.1) is 0 Å². The van der Waals surface area contributed by atoms with E-state index >= 15 is 0 Å². The third-order valence-electron chi connectivity index (χ3n) is 5.22. The van der Waals surface area contributed by atoms with Crippen LogP contribution in [0.5, 0.6) is 0 Å². The number of fused-ring (bicyclic) bond motifs is 1. The second-order valence-corrected chi connectivity index (χ2v) is 7.53. The Bertz CT molecular complexity index is 1280. The Kier molecular flexibility index (Phi) is 7.00. The number of allylic oxidation sites excluding steroid dienone is 1. The number of hydrogen-bond acceptors (Lipinski definition) is 5. The molecule has 10 heteroatoms. The minimum atomic E-state index is -4.41. The van der Waals surface area contributed by atoms with Gasteiger partial charge in [-0.3, -0.25) is 9.59 Å². The molecule has 3 N–H and O–H groups in total. The third-order valence-corrected chi connectivity index (χ3v) is 5.22. The van der Waals surface area contributed by atoms with Crippen molar-refractivity contribution in [2.45, 2.75) is 19.6 Å². The maximum atomic E-state index is 13.1. The predicted molar refractivity (Wildman–Crippen MR) is 123 cm³/mol. The van der Waals surface area contributed by atoms with Crippen LogP contribution < -0.4 is 11.1 Å². The SMILES string of the molecule is C=N/C(NC(=O)c1cc(C(N)=O)nc2ccccc12)=C(/C)N(C)Cc1ccc(C(F)(F)F)cc1. The summed E-state index contributed by atoms with van der Waals surface area (Å²) in [5.74, 6) is -1.17. The summed E-state index contributed by atoms with van der Waals surface area (Å²) in [5.41, 5.74) is 6.33. The van der Waals surface area contributed by atoms with E-state index in [4.69, 9.17) is 5.73 Å². The first-order valence-corrected chi connectivity index (χ1v) is 10.1. The van der Waals surface area contributed by atoms with Gasteiger partial charge in [0.15, 0.2) is 5.82 Å². The van der Waals surface area contributed by atoms with Crippen LogP contribution in [0.3, 0.4) is 0 Å². The Balaban J connectivity index is 1.86. The zero-order valence-corrected chi connectivity index (χ0v) is 18.5. The van der Waals surface area contributed by atoms with Crippen molar-refractivity contribution in [3.63, 3.8) is 0 Å². The Morgan fingerprint density at radius 2 is 1.79 bits per heavy atom. The first-order chi connectivity index (χ1) is 16.0. The number of hydrogen-bond donors (Lipinski definition) is 2. The first-order valence-electron chi connectivity index (χ1n) is 10.1. The molecular formula is C24H22F3N5O2. The van der Waals surface area contributed by atoms with Gasteiger partial charge >= 0.3 is 6.18 Å². The highest BCUT2D eigenvalue weighted by molar-refractivity contribution is 6.09. The number of carbonyl (C=O) groups is 2. The van der Waals surface area contributed by atoms with E-state index in [2.05, 4.69) is 22.0 Å². The lowest BCUT2D eigenvalue weighted by molar-refractivity contribution is -0.137. The molecule has 0 saturated carbocycles. The molecule has 34 heavy (non-hydrogen) atoms. The minimum absolute atomic E-state index is 0.0583. The largest absolute Gasteiger partial charge is 0.416 e. The Morgan fingerprint density at radius 3 is 2.38 bits per heavy atom. The van der Waals surface area contributed by atoms with Crippen molar-refractivity contribution in [1.29, 1.82) is 0 Å². The molecule has 3 aromatic rings. The fourth-order valence-corrected chi connectivity index (χ4v) is 3.28. The predicted octanol–water partition coefficient (Wildman–Crippen LogP) is 4.10. The molecule has 1 aromatic heterocycles. The number of halogens is 3. The number of alkyl halides is 3. The van der Waals surface area contributed by atoms with Crippen LogP contribution in [0, 0.1) is 0 Å². The molecule has 0 aliphatic rings. The molecule has 2 amide bonds. The molecule has 0 aliphatic carbocycles. The molecule has 2 aromatic carbocycles. The fraction of sp³-hybridized carbons (Fsp3) is 0.167. The number of carbonyl (C=O) groups excluding carboxylic acids is 2. The number of nitrogens with zero attached hydrogens (tertiary/aromatic N) is 3. The van der Waals surface area contributed by atoms with Gasteiger partial charge in [0.05, 0.1) is 22.3 Å². The number of primary amides is 1. The van der Waals surface area contributed by atoms with Gasteiger partial charge in [0.2, 0.25) is 0 Å². The molecule has 1 heterocycles. The summed E-state index contributed by atoms with van der Waals surface area (Å²) >= 11 is 0. The van der Waals surface area contributed by atoms with Gasteiger partial charge in [0, 0.05) is 19.0 Å². The van der Waals surface area contributed by atoms with E-state index in [-0.39, 0.29) is 23.6 Å². The van der Waals surface area contributed by atoms with Gasteiger partial charge in [-0.25, -0.2) is 9.98 Å². The van der Waals surface area contributed by atoms with Gasteiger partial charge in [-0.05, 0) is 43.5 Å². The third kappa shape index (κ3) is 5.40. The van der Waals surface area contributed by atoms with E-state index in [1.165, 1.54) is 18.2 Å². The zero-order valence-electron chi connectivity index (χ0n) is 18.5. The van der Waals surface area contributed by atoms with Gasteiger partial charge in [0.1, 0.15) is 5.69 Å². The van der Waals surface area contributed by atoms with Crippen LogP contribution in [0.1, 0.15) is 38.9 Å². The van der Waals surface area contributed by atoms with Crippen LogP contribution in [0.2, 0.25) is 0 Å². The molecule has 0 aliphatic heterocycles. The molecule has 0 unspecified atom stereocenters. The topological polar surface area (TPSA) is 101 Å². The lowest BCUT2D eigenvalue weighted by Crippen LogP contribution is -2.27. The molecule has 0 atom stereocenters. The van der Waals surface area contributed by atoms with Crippen LogP contribution in [0.4, 0.5) is 13.2 Å². The summed E-state index contributed by atoms with van der Waals surface area (Å²) in [4.78, 5) is 34.5. The number of aromatic nitrogens is 1. The monoisotopic (exact) mass is 469 g/mol. The van der Waals surface area contributed by atoms with Crippen LogP contribution in [0.15, 0.2) is 71.1 Å².